The highest BCUT2D eigenvalue weighted by molar-refractivity contribution is 9.10. The Kier molecular flexibility index (Phi) is 5.55. The van der Waals surface area contributed by atoms with Crippen molar-refractivity contribution in [3.05, 3.63) is 64.1 Å². The Morgan fingerprint density at radius 3 is 2.59 bits per heavy atom. The van der Waals surface area contributed by atoms with Crippen LogP contribution in [0.4, 0.5) is 10.5 Å². The number of para-hydroxylation sites is 1. The van der Waals surface area contributed by atoms with Crippen molar-refractivity contribution >= 4 is 33.6 Å². The molecule has 2 rings (SSSR count). The number of nitrogens with two attached hydrogens (primary N) is 1. The first kappa shape index (κ1) is 16.0. The lowest BCUT2D eigenvalue weighted by Gasteiger charge is -2.08. The maximum atomic E-state index is 11.9. The first-order valence-corrected chi connectivity index (χ1v) is 7.53. The molecule has 0 heterocycles. The Morgan fingerprint density at radius 1 is 1.09 bits per heavy atom. The minimum absolute atomic E-state index is 0.282. The van der Waals surface area contributed by atoms with E-state index in [4.69, 9.17) is 5.73 Å². The van der Waals surface area contributed by atoms with Crippen molar-refractivity contribution in [1.29, 1.82) is 0 Å². The van der Waals surface area contributed by atoms with Crippen LogP contribution in [0.25, 0.3) is 0 Å². The van der Waals surface area contributed by atoms with Gasteiger partial charge >= 0.3 is 6.03 Å². The minimum atomic E-state index is -0.539. The van der Waals surface area contributed by atoms with Gasteiger partial charge in [0.2, 0.25) is 0 Å². The second kappa shape index (κ2) is 7.61. The summed E-state index contributed by atoms with van der Waals surface area (Å²) < 4.78 is 0.990. The average Bonchev–Trinajstić information content (AvgIpc) is 2.47. The van der Waals surface area contributed by atoms with Crippen LogP contribution in [0.5, 0.6) is 0 Å². The van der Waals surface area contributed by atoms with Crippen LogP contribution in [0.3, 0.4) is 0 Å². The fourth-order valence-corrected chi connectivity index (χ4v) is 2.38. The van der Waals surface area contributed by atoms with Crippen molar-refractivity contribution in [1.82, 2.24) is 10.6 Å². The molecule has 0 aliphatic heterocycles. The van der Waals surface area contributed by atoms with Gasteiger partial charge < -0.3 is 11.1 Å². The van der Waals surface area contributed by atoms with Crippen LogP contribution in [0, 0.1) is 0 Å². The van der Waals surface area contributed by atoms with Crippen molar-refractivity contribution in [2.24, 2.45) is 0 Å². The number of imide groups is 1. The number of nitrogens with one attached hydrogen (secondary N) is 2. The largest absolute Gasteiger partial charge is 0.398 e. The lowest BCUT2D eigenvalue weighted by Crippen LogP contribution is -2.40. The SMILES string of the molecule is Nc1ccccc1C(=O)NC(=O)NCCc1cccc(Br)c1. The maximum Gasteiger partial charge on any atom is 0.321 e. The van der Waals surface area contributed by atoms with E-state index in [0.29, 0.717) is 18.7 Å². The number of amides is 3. The van der Waals surface area contributed by atoms with Gasteiger partial charge in [-0.3, -0.25) is 10.1 Å². The number of benzene rings is 2. The average molecular weight is 362 g/mol. The fraction of sp³-hybridized carbons (Fsp3) is 0.125. The molecular weight excluding hydrogens is 346 g/mol. The summed E-state index contributed by atoms with van der Waals surface area (Å²) in [7, 11) is 0. The van der Waals surface area contributed by atoms with E-state index >= 15 is 0 Å². The van der Waals surface area contributed by atoms with E-state index in [1.54, 1.807) is 24.3 Å². The zero-order valence-electron chi connectivity index (χ0n) is 11.8. The Bertz CT molecular complexity index is 689. The van der Waals surface area contributed by atoms with E-state index in [1.165, 1.54) is 0 Å². The maximum absolute atomic E-state index is 11.9. The Labute approximate surface area is 137 Å². The monoisotopic (exact) mass is 361 g/mol. The molecule has 5 nitrogen and oxygen atoms in total. The molecule has 0 atom stereocenters. The van der Waals surface area contributed by atoms with E-state index in [-0.39, 0.29) is 5.56 Å². The number of rotatable bonds is 4. The molecule has 6 heteroatoms. The van der Waals surface area contributed by atoms with Crippen molar-refractivity contribution in [2.45, 2.75) is 6.42 Å². The van der Waals surface area contributed by atoms with Crippen LogP contribution in [0.1, 0.15) is 15.9 Å². The number of hydrogen-bond donors (Lipinski definition) is 3. The van der Waals surface area contributed by atoms with Crippen LogP contribution < -0.4 is 16.4 Å². The third kappa shape index (κ3) is 4.60. The molecule has 0 saturated heterocycles. The fourth-order valence-electron chi connectivity index (χ4n) is 1.93. The lowest BCUT2D eigenvalue weighted by atomic mass is 10.1. The molecule has 0 aliphatic rings. The molecule has 0 aliphatic carbocycles. The van der Waals surface area contributed by atoms with E-state index in [0.717, 1.165) is 10.0 Å². The number of carbonyl (C=O) groups excluding carboxylic acids is 2. The number of hydrogen-bond acceptors (Lipinski definition) is 3. The quantitative estimate of drug-likeness (QED) is 0.732. The molecule has 0 saturated carbocycles. The molecule has 0 bridgehead atoms. The van der Waals surface area contributed by atoms with E-state index < -0.39 is 11.9 Å². The molecule has 2 aromatic rings. The Balaban J connectivity index is 1.81. The van der Waals surface area contributed by atoms with Gasteiger partial charge in [0, 0.05) is 16.7 Å². The number of halogens is 1. The van der Waals surface area contributed by atoms with Gasteiger partial charge in [-0.2, -0.15) is 0 Å². The molecule has 2 aromatic carbocycles. The zero-order chi connectivity index (χ0) is 15.9. The van der Waals surface area contributed by atoms with Crippen LogP contribution >= 0.6 is 15.9 Å². The summed E-state index contributed by atoms with van der Waals surface area (Å²) in [6.45, 7) is 0.430. The summed E-state index contributed by atoms with van der Waals surface area (Å²) in [4.78, 5) is 23.6. The molecule has 22 heavy (non-hydrogen) atoms. The molecule has 0 aromatic heterocycles. The summed E-state index contributed by atoms with van der Waals surface area (Å²) >= 11 is 3.39. The Morgan fingerprint density at radius 2 is 1.86 bits per heavy atom. The predicted octanol–water partition coefficient (Wildman–Crippen LogP) is 2.71. The zero-order valence-corrected chi connectivity index (χ0v) is 13.4. The molecule has 114 valence electrons. The molecule has 0 fully saturated rings. The smallest absolute Gasteiger partial charge is 0.321 e. The summed E-state index contributed by atoms with van der Waals surface area (Å²) in [6, 6.07) is 13.9. The normalized spacial score (nSPS) is 10.0. The summed E-state index contributed by atoms with van der Waals surface area (Å²) in [5.41, 5.74) is 7.40. The molecule has 0 radical (unpaired) electrons. The van der Waals surface area contributed by atoms with E-state index in [9.17, 15) is 9.59 Å². The van der Waals surface area contributed by atoms with Gasteiger partial charge in [-0.1, -0.05) is 40.2 Å². The van der Waals surface area contributed by atoms with Crippen molar-refractivity contribution in [3.8, 4) is 0 Å². The minimum Gasteiger partial charge on any atom is -0.398 e. The van der Waals surface area contributed by atoms with Crippen LogP contribution in [0.15, 0.2) is 53.0 Å². The molecule has 4 N–H and O–H groups in total. The van der Waals surface area contributed by atoms with Crippen LogP contribution in [-0.4, -0.2) is 18.5 Å². The molecule has 3 amide bonds. The number of carbonyl (C=O) groups is 2. The van der Waals surface area contributed by atoms with Crippen LogP contribution in [0.2, 0.25) is 0 Å². The van der Waals surface area contributed by atoms with Gasteiger partial charge in [0.1, 0.15) is 0 Å². The molecule has 0 unspecified atom stereocenters. The predicted molar refractivity (Wildman–Crippen MR) is 89.6 cm³/mol. The van der Waals surface area contributed by atoms with Gasteiger partial charge in [-0.05, 0) is 36.2 Å². The third-order valence-corrected chi connectivity index (χ3v) is 3.51. The van der Waals surface area contributed by atoms with E-state index in [2.05, 4.69) is 26.6 Å². The molecule has 0 spiro atoms. The van der Waals surface area contributed by atoms with Gasteiger partial charge in [0.05, 0.1) is 5.56 Å². The number of urea groups is 1. The standard InChI is InChI=1S/C16H16BrN3O2/c17-12-5-3-4-11(10-12)8-9-19-16(22)20-15(21)13-6-1-2-7-14(13)18/h1-7,10H,8-9,18H2,(H2,19,20,21,22). The number of nitrogen functional groups attached to an aromatic ring is 1. The van der Waals surface area contributed by atoms with Crippen molar-refractivity contribution in [2.75, 3.05) is 12.3 Å². The van der Waals surface area contributed by atoms with Crippen molar-refractivity contribution < 1.29 is 9.59 Å². The topological polar surface area (TPSA) is 84.2 Å². The van der Waals surface area contributed by atoms with E-state index in [1.807, 2.05) is 24.3 Å². The first-order valence-electron chi connectivity index (χ1n) is 6.74. The summed E-state index contributed by atoms with van der Waals surface area (Å²) in [5.74, 6) is -0.516. The van der Waals surface area contributed by atoms with Gasteiger partial charge in [0.15, 0.2) is 0 Å². The highest BCUT2D eigenvalue weighted by atomic mass is 79.9. The molecular formula is C16H16BrN3O2. The summed E-state index contributed by atoms with van der Waals surface area (Å²) in [6.07, 6.45) is 0.675. The van der Waals surface area contributed by atoms with Gasteiger partial charge in [-0.15, -0.1) is 0 Å². The third-order valence-electron chi connectivity index (χ3n) is 3.02. The second-order valence-electron chi connectivity index (χ2n) is 4.68. The van der Waals surface area contributed by atoms with Crippen molar-refractivity contribution in [3.63, 3.8) is 0 Å². The second-order valence-corrected chi connectivity index (χ2v) is 5.59. The van der Waals surface area contributed by atoms with Gasteiger partial charge in [-0.25, -0.2) is 4.79 Å². The van der Waals surface area contributed by atoms with Crippen LogP contribution in [-0.2, 0) is 6.42 Å². The number of anilines is 1. The summed E-state index contributed by atoms with van der Waals surface area (Å²) in [5, 5.41) is 4.90. The lowest BCUT2D eigenvalue weighted by molar-refractivity contribution is 0.0965. The highest BCUT2D eigenvalue weighted by Gasteiger charge is 2.12. The Hall–Kier alpha value is -2.34. The first-order chi connectivity index (χ1) is 10.6. The highest BCUT2D eigenvalue weighted by Crippen LogP contribution is 2.12. The van der Waals surface area contributed by atoms with Gasteiger partial charge in [0.25, 0.3) is 5.91 Å².